The highest BCUT2D eigenvalue weighted by atomic mass is 32.1. The van der Waals surface area contributed by atoms with Crippen LogP contribution in [-0.2, 0) is 6.42 Å². The van der Waals surface area contributed by atoms with E-state index in [1.165, 1.54) is 65.0 Å². The molecule has 0 bridgehead atoms. The van der Waals surface area contributed by atoms with Gasteiger partial charge >= 0.3 is 0 Å². The van der Waals surface area contributed by atoms with Crippen molar-refractivity contribution in [3.05, 3.63) is 93.8 Å². The third-order valence-electron chi connectivity index (χ3n) is 6.41. The lowest BCUT2D eigenvalue weighted by molar-refractivity contribution is 0.153. The molecule has 1 unspecified atom stereocenters. The summed E-state index contributed by atoms with van der Waals surface area (Å²) in [6.07, 6.45) is 3.76. The Morgan fingerprint density at radius 1 is 0.966 bits per heavy atom. The largest absolute Gasteiger partial charge is 0.358 e. The Kier molecular flexibility index (Phi) is 5.26. The molecule has 29 heavy (non-hydrogen) atoms. The Morgan fingerprint density at radius 3 is 2.48 bits per heavy atom. The number of aromatic nitrogens is 1. The van der Waals surface area contributed by atoms with Gasteiger partial charge in [-0.2, -0.15) is 0 Å². The summed E-state index contributed by atoms with van der Waals surface area (Å²) >= 11 is 1.89. The summed E-state index contributed by atoms with van der Waals surface area (Å²) in [5.74, 6) is 0.793. The van der Waals surface area contributed by atoms with Crippen LogP contribution in [0.15, 0.2) is 72.1 Å². The molecule has 1 N–H and O–H groups in total. The minimum Gasteiger partial charge on any atom is -0.358 e. The van der Waals surface area contributed by atoms with E-state index in [0.717, 1.165) is 5.92 Å². The summed E-state index contributed by atoms with van der Waals surface area (Å²) < 4.78 is 0. The number of aryl methyl sites for hydroxylation is 1. The smallest absolute Gasteiger partial charge is 0.0719 e. The minimum atomic E-state index is 0.351. The average molecular weight is 401 g/mol. The monoisotopic (exact) mass is 400 g/mol. The molecular formula is C26H28N2S. The first-order chi connectivity index (χ1) is 14.3. The number of likely N-dealkylation sites (tertiary alicyclic amines) is 1. The summed E-state index contributed by atoms with van der Waals surface area (Å²) in [6.45, 7) is 4.57. The maximum atomic E-state index is 3.63. The van der Waals surface area contributed by atoms with E-state index in [9.17, 15) is 0 Å². The fourth-order valence-corrected chi connectivity index (χ4v) is 5.83. The molecule has 0 aliphatic carbocycles. The van der Waals surface area contributed by atoms with Crippen molar-refractivity contribution in [1.82, 2.24) is 9.88 Å². The molecule has 1 aliphatic rings. The molecule has 2 aromatic heterocycles. The Hall–Kier alpha value is -2.36. The molecule has 1 saturated heterocycles. The number of fused-ring (bicyclic) bond motifs is 1. The number of benzene rings is 2. The van der Waals surface area contributed by atoms with Crippen molar-refractivity contribution < 1.29 is 0 Å². The fourth-order valence-electron chi connectivity index (χ4n) is 4.97. The topological polar surface area (TPSA) is 19.0 Å². The molecule has 148 valence electrons. The minimum absolute atomic E-state index is 0.351. The molecule has 3 heterocycles. The van der Waals surface area contributed by atoms with Crippen molar-refractivity contribution in [3.63, 3.8) is 0 Å². The van der Waals surface area contributed by atoms with Crippen molar-refractivity contribution in [3.8, 4) is 0 Å². The zero-order valence-electron chi connectivity index (χ0n) is 17.0. The zero-order chi connectivity index (χ0) is 19.6. The predicted octanol–water partition coefficient (Wildman–Crippen LogP) is 6.58. The second-order valence-corrected chi connectivity index (χ2v) is 9.28. The van der Waals surface area contributed by atoms with Crippen LogP contribution in [0.25, 0.3) is 10.9 Å². The van der Waals surface area contributed by atoms with Crippen LogP contribution in [0, 0.1) is 12.8 Å². The third kappa shape index (κ3) is 3.77. The summed E-state index contributed by atoms with van der Waals surface area (Å²) in [5, 5.41) is 3.59. The van der Waals surface area contributed by atoms with Crippen LogP contribution in [0.4, 0.5) is 0 Å². The van der Waals surface area contributed by atoms with Crippen LogP contribution < -0.4 is 0 Å². The van der Waals surface area contributed by atoms with Gasteiger partial charge in [0, 0.05) is 27.0 Å². The summed E-state index contributed by atoms with van der Waals surface area (Å²) in [4.78, 5) is 7.80. The molecule has 4 aromatic rings. The summed E-state index contributed by atoms with van der Waals surface area (Å²) in [7, 11) is 0. The van der Waals surface area contributed by atoms with Crippen LogP contribution in [0.1, 0.15) is 40.6 Å². The molecule has 2 nitrogen and oxygen atoms in total. The third-order valence-corrected chi connectivity index (χ3v) is 7.34. The molecule has 0 amide bonds. The Bertz CT molecular complexity index is 1060. The number of nitrogens with one attached hydrogen (secondary N) is 1. The van der Waals surface area contributed by atoms with Crippen LogP contribution in [0.2, 0.25) is 0 Å². The normalized spacial score (nSPS) is 17.0. The van der Waals surface area contributed by atoms with Gasteiger partial charge in [0.1, 0.15) is 0 Å². The second kappa shape index (κ2) is 8.17. The molecule has 1 atom stereocenters. The Morgan fingerprint density at radius 2 is 1.72 bits per heavy atom. The van der Waals surface area contributed by atoms with E-state index in [2.05, 4.69) is 88.9 Å². The molecule has 0 spiro atoms. The van der Waals surface area contributed by atoms with Crippen LogP contribution >= 0.6 is 11.3 Å². The van der Waals surface area contributed by atoms with Gasteiger partial charge in [-0.1, -0.05) is 54.6 Å². The van der Waals surface area contributed by atoms with E-state index in [-0.39, 0.29) is 0 Å². The number of piperidine rings is 1. The second-order valence-electron chi connectivity index (χ2n) is 8.30. The number of nitrogens with zero attached hydrogens (tertiary/aromatic N) is 1. The standard InChI is InChI=1S/C26H28N2S/c1-19-25(22-10-5-6-11-23(22)27-19)26(24-12-7-17-29-24)28-15-13-21(14-16-28)18-20-8-3-2-4-9-20/h2-12,17,21,26-27H,13-16,18H2,1H3. The van der Waals surface area contributed by atoms with Crippen LogP contribution in [0.5, 0.6) is 0 Å². The van der Waals surface area contributed by atoms with E-state index in [1.807, 2.05) is 11.3 Å². The molecule has 2 aromatic carbocycles. The fraction of sp³-hybridized carbons (Fsp3) is 0.308. The van der Waals surface area contributed by atoms with Gasteiger partial charge in [0.25, 0.3) is 0 Å². The number of thiophene rings is 1. The average Bonchev–Trinajstić information content (AvgIpc) is 3.39. The van der Waals surface area contributed by atoms with Gasteiger partial charge in [-0.25, -0.2) is 0 Å². The van der Waals surface area contributed by atoms with E-state index >= 15 is 0 Å². The van der Waals surface area contributed by atoms with Gasteiger partial charge < -0.3 is 4.98 Å². The van der Waals surface area contributed by atoms with E-state index in [1.54, 1.807) is 0 Å². The zero-order valence-corrected chi connectivity index (χ0v) is 17.8. The quantitative estimate of drug-likeness (QED) is 0.401. The van der Waals surface area contributed by atoms with Crippen molar-refractivity contribution in [2.75, 3.05) is 13.1 Å². The number of rotatable bonds is 5. The first kappa shape index (κ1) is 18.7. The molecule has 0 saturated carbocycles. The van der Waals surface area contributed by atoms with Crippen LogP contribution in [-0.4, -0.2) is 23.0 Å². The number of hydrogen-bond donors (Lipinski definition) is 1. The van der Waals surface area contributed by atoms with Gasteiger partial charge in [0.2, 0.25) is 0 Å². The molecule has 0 radical (unpaired) electrons. The van der Waals surface area contributed by atoms with Gasteiger partial charge in [0.15, 0.2) is 0 Å². The number of hydrogen-bond acceptors (Lipinski definition) is 2. The highest BCUT2D eigenvalue weighted by Gasteiger charge is 2.30. The highest BCUT2D eigenvalue weighted by molar-refractivity contribution is 7.10. The molecule has 1 aliphatic heterocycles. The van der Waals surface area contributed by atoms with E-state index < -0.39 is 0 Å². The lowest BCUT2D eigenvalue weighted by Gasteiger charge is -2.37. The lowest BCUT2D eigenvalue weighted by atomic mass is 9.88. The maximum absolute atomic E-state index is 3.63. The van der Waals surface area contributed by atoms with E-state index in [0.29, 0.717) is 6.04 Å². The molecule has 1 fully saturated rings. The van der Waals surface area contributed by atoms with Crippen molar-refractivity contribution in [2.45, 2.75) is 32.2 Å². The van der Waals surface area contributed by atoms with Crippen LogP contribution in [0.3, 0.4) is 0 Å². The van der Waals surface area contributed by atoms with E-state index in [4.69, 9.17) is 0 Å². The van der Waals surface area contributed by atoms with Crippen molar-refractivity contribution in [2.24, 2.45) is 5.92 Å². The number of aromatic amines is 1. The van der Waals surface area contributed by atoms with Gasteiger partial charge in [-0.05, 0) is 68.3 Å². The highest BCUT2D eigenvalue weighted by Crippen LogP contribution is 2.40. The van der Waals surface area contributed by atoms with Crippen molar-refractivity contribution >= 4 is 22.2 Å². The predicted molar refractivity (Wildman–Crippen MR) is 124 cm³/mol. The van der Waals surface area contributed by atoms with Gasteiger partial charge in [-0.15, -0.1) is 11.3 Å². The Balaban J connectivity index is 1.41. The summed E-state index contributed by atoms with van der Waals surface area (Å²) in [6, 6.07) is 24.6. The van der Waals surface area contributed by atoms with Crippen molar-refractivity contribution in [1.29, 1.82) is 0 Å². The molecule has 5 rings (SSSR count). The number of H-pyrrole nitrogens is 1. The molecular weight excluding hydrogens is 372 g/mol. The number of para-hydroxylation sites is 1. The SMILES string of the molecule is Cc1[nH]c2ccccc2c1C(c1cccs1)N1CCC(Cc2ccccc2)CC1. The molecule has 3 heteroatoms. The lowest BCUT2D eigenvalue weighted by Crippen LogP contribution is -2.37. The van der Waals surface area contributed by atoms with Gasteiger partial charge in [-0.3, -0.25) is 4.90 Å². The maximum Gasteiger partial charge on any atom is 0.0719 e. The first-order valence-electron chi connectivity index (χ1n) is 10.7. The Labute approximate surface area is 177 Å². The van der Waals surface area contributed by atoms with Gasteiger partial charge in [0.05, 0.1) is 6.04 Å². The summed E-state index contributed by atoms with van der Waals surface area (Å²) in [5.41, 5.74) is 5.49. The first-order valence-corrected chi connectivity index (χ1v) is 11.6.